The van der Waals surface area contributed by atoms with Gasteiger partial charge in [-0.05, 0) is 31.0 Å². The first-order valence-electron chi connectivity index (χ1n) is 6.45. The molecule has 0 aliphatic carbocycles. The third-order valence-electron chi connectivity index (χ3n) is 3.31. The maximum atomic E-state index is 12.4. The van der Waals surface area contributed by atoms with E-state index in [1.165, 1.54) is 0 Å². The van der Waals surface area contributed by atoms with Crippen LogP contribution in [0.25, 0.3) is 10.9 Å². The highest BCUT2D eigenvalue weighted by atomic mass is 16.1. The monoisotopic (exact) mass is 266 g/mol. The summed E-state index contributed by atoms with van der Waals surface area (Å²) in [5.41, 5.74) is 1.72. The van der Waals surface area contributed by atoms with E-state index in [2.05, 4.69) is 15.0 Å². The SMILES string of the molecule is CC(Cc1cccnc1)n1cnc2ccncc2c1=O. The number of nitrogens with zero attached hydrogens (tertiary/aromatic N) is 4. The minimum atomic E-state index is -0.0560. The third-order valence-corrected chi connectivity index (χ3v) is 3.31. The van der Waals surface area contributed by atoms with Gasteiger partial charge in [0.2, 0.25) is 0 Å². The van der Waals surface area contributed by atoms with Crippen LogP contribution in [0.2, 0.25) is 0 Å². The Hall–Kier alpha value is -2.56. The van der Waals surface area contributed by atoms with Gasteiger partial charge in [-0.15, -0.1) is 0 Å². The number of fused-ring (bicyclic) bond motifs is 1. The van der Waals surface area contributed by atoms with Crippen LogP contribution in [-0.2, 0) is 6.42 Å². The molecule has 0 aliphatic heterocycles. The first-order chi connectivity index (χ1) is 9.75. The molecule has 1 unspecified atom stereocenters. The largest absolute Gasteiger partial charge is 0.296 e. The van der Waals surface area contributed by atoms with Gasteiger partial charge in [0.25, 0.3) is 5.56 Å². The smallest absolute Gasteiger partial charge is 0.263 e. The lowest BCUT2D eigenvalue weighted by molar-refractivity contribution is 0.522. The highest BCUT2D eigenvalue weighted by Crippen LogP contribution is 2.12. The molecule has 5 heteroatoms. The summed E-state index contributed by atoms with van der Waals surface area (Å²) in [6.45, 7) is 2.00. The molecule has 0 bridgehead atoms. The van der Waals surface area contributed by atoms with Crippen molar-refractivity contribution >= 4 is 10.9 Å². The molecule has 0 amide bonds. The fourth-order valence-corrected chi connectivity index (χ4v) is 2.25. The van der Waals surface area contributed by atoms with Crippen molar-refractivity contribution in [3.63, 3.8) is 0 Å². The summed E-state index contributed by atoms with van der Waals surface area (Å²) >= 11 is 0. The molecule has 0 spiro atoms. The molecule has 0 fully saturated rings. The lowest BCUT2D eigenvalue weighted by Gasteiger charge is -2.14. The second-order valence-corrected chi connectivity index (χ2v) is 4.76. The van der Waals surface area contributed by atoms with E-state index in [-0.39, 0.29) is 11.6 Å². The van der Waals surface area contributed by atoms with Crippen molar-refractivity contribution < 1.29 is 0 Å². The Bertz CT molecular complexity index is 782. The van der Waals surface area contributed by atoms with Crippen molar-refractivity contribution in [2.75, 3.05) is 0 Å². The van der Waals surface area contributed by atoms with E-state index in [9.17, 15) is 4.79 Å². The summed E-state index contributed by atoms with van der Waals surface area (Å²) in [7, 11) is 0. The summed E-state index contributed by atoms with van der Waals surface area (Å²) in [6.07, 6.45) is 9.10. The Morgan fingerprint density at radius 3 is 2.85 bits per heavy atom. The molecule has 0 aromatic carbocycles. The number of rotatable bonds is 3. The minimum Gasteiger partial charge on any atom is -0.296 e. The Morgan fingerprint density at radius 1 is 1.20 bits per heavy atom. The highest BCUT2D eigenvalue weighted by Gasteiger charge is 2.10. The van der Waals surface area contributed by atoms with Gasteiger partial charge < -0.3 is 0 Å². The average Bonchev–Trinajstić information content (AvgIpc) is 2.49. The van der Waals surface area contributed by atoms with E-state index < -0.39 is 0 Å². The van der Waals surface area contributed by atoms with Gasteiger partial charge in [-0.25, -0.2) is 4.98 Å². The quantitative estimate of drug-likeness (QED) is 0.727. The summed E-state index contributed by atoms with van der Waals surface area (Å²) in [6, 6.07) is 5.66. The zero-order valence-corrected chi connectivity index (χ0v) is 11.1. The van der Waals surface area contributed by atoms with Crippen molar-refractivity contribution in [3.8, 4) is 0 Å². The number of aromatic nitrogens is 4. The van der Waals surface area contributed by atoms with Crippen molar-refractivity contribution in [2.45, 2.75) is 19.4 Å². The predicted octanol–water partition coefficient (Wildman–Crippen LogP) is 1.99. The van der Waals surface area contributed by atoms with Gasteiger partial charge >= 0.3 is 0 Å². The molecular formula is C15H14N4O. The summed E-state index contributed by atoms with van der Waals surface area (Å²) in [5, 5.41) is 0.549. The molecule has 0 aliphatic rings. The zero-order chi connectivity index (χ0) is 13.9. The van der Waals surface area contributed by atoms with Crippen LogP contribution >= 0.6 is 0 Å². The second kappa shape index (κ2) is 5.21. The molecule has 3 heterocycles. The topological polar surface area (TPSA) is 60.7 Å². The summed E-state index contributed by atoms with van der Waals surface area (Å²) in [5.74, 6) is 0. The minimum absolute atomic E-state index is 0.0174. The van der Waals surface area contributed by atoms with E-state index >= 15 is 0 Å². The molecule has 0 radical (unpaired) electrons. The van der Waals surface area contributed by atoms with Gasteiger partial charge in [0.1, 0.15) is 0 Å². The zero-order valence-electron chi connectivity index (χ0n) is 11.1. The van der Waals surface area contributed by atoms with Crippen LogP contribution in [0.5, 0.6) is 0 Å². The van der Waals surface area contributed by atoms with E-state index in [0.717, 1.165) is 12.0 Å². The first-order valence-corrected chi connectivity index (χ1v) is 6.45. The number of hydrogen-bond acceptors (Lipinski definition) is 4. The van der Waals surface area contributed by atoms with Gasteiger partial charge in [0.05, 0.1) is 17.2 Å². The maximum Gasteiger partial charge on any atom is 0.263 e. The van der Waals surface area contributed by atoms with Gasteiger partial charge in [-0.1, -0.05) is 6.07 Å². The normalized spacial score (nSPS) is 12.4. The number of pyridine rings is 2. The van der Waals surface area contributed by atoms with Crippen molar-refractivity contribution in [1.82, 2.24) is 19.5 Å². The third kappa shape index (κ3) is 2.30. The second-order valence-electron chi connectivity index (χ2n) is 4.76. The fourth-order valence-electron chi connectivity index (χ4n) is 2.25. The van der Waals surface area contributed by atoms with E-state index in [1.807, 2.05) is 25.3 Å². The Labute approximate surface area is 116 Å². The first kappa shape index (κ1) is 12.5. The van der Waals surface area contributed by atoms with Crippen LogP contribution in [0, 0.1) is 0 Å². The van der Waals surface area contributed by atoms with Gasteiger partial charge in [-0.2, -0.15) is 0 Å². The molecule has 3 aromatic rings. The molecule has 1 atom stereocenters. The molecular weight excluding hydrogens is 252 g/mol. The maximum absolute atomic E-state index is 12.4. The number of hydrogen-bond donors (Lipinski definition) is 0. The van der Waals surface area contributed by atoms with Crippen LogP contribution in [0.4, 0.5) is 0 Å². The van der Waals surface area contributed by atoms with E-state index in [1.54, 1.807) is 35.6 Å². The van der Waals surface area contributed by atoms with E-state index in [4.69, 9.17) is 0 Å². The van der Waals surface area contributed by atoms with Crippen LogP contribution < -0.4 is 5.56 Å². The van der Waals surface area contributed by atoms with Crippen molar-refractivity contribution in [1.29, 1.82) is 0 Å². The average molecular weight is 266 g/mol. The van der Waals surface area contributed by atoms with Gasteiger partial charge in [-0.3, -0.25) is 19.3 Å². The molecule has 0 saturated carbocycles. The highest BCUT2D eigenvalue weighted by molar-refractivity contribution is 5.75. The lowest BCUT2D eigenvalue weighted by atomic mass is 10.1. The Balaban J connectivity index is 1.98. The molecule has 3 rings (SSSR count). The van der Waals surface area contributed by atoms with Crippen molar-refractivity contribution in [3.05, 3.63) is 65.2 Å². The molecule has 0 N–H and O–H groups in total. The molecule has 3 aromatic heterocycles. The van der Waals surface area contributed by atoms with Crippen LogP contribution in [0.15, 0.2) is 54.1 Å². The molecule has 5 nitrogen and oxygen atoms in total. The van der Waals surface area contributed by atoms with Crippen LogP contribution in [0.1, 0.15) is 18.5 Å². The Kier molecular flexibility index (Phi) is 3.25. The fraction of sp³-hybridized carbons (Fsp3) is 0.200. The standard InChI is InChI=1S/C15H14N4O/c1-11(7-12-3-2-5-16-8-12)19-10-18-14-4-6-17-9-13(14)15(19)20/h2-6,8-11H,7H2,1H3. The van der Waals surface area contributed by atoms with Crippen LogP contribution in [-0.4, -0.2) is 19.5 Å². The van der Waals surface area contributed by atoms with Gasteiger partial charge in [0.15, 0.2) is 0 Å². The molecule has 0 saturated heterocycles. The molecule has 20 heavy (non-hydrogen) atoms. The Morgan fingerprint density at radius 2 is 2.05 bits per heavy atom. The van der Waals surface area contributed by atoms with Crippen molar-refractivity contribution in [2.24, 2.45) is 0 Å². The summed E-state index contributed by atoms with van der Waals surface area (Å²) in [4.78, 5) is 24.8. The van der Waals surface area contributed by atoms with Crippen LogP contribution in [0.3, 0.4) is 0 Å². The lowest BCUT2D eigenvalue weighted by Crippen LogP contribution is -2.25. The predicted molar refractivity (Wildman–Crippen MR) is 76.5 cm³/mol. The van der Waals surface area contributed by atoms with Gasteiger partial charge in [0, 0.05) is 30.8 Å². The summed E-state index contributed by atoms with van der Waals surface area (Å²) < 4.78 is 1.65. The van der Waals surface area contributed by atoms with E-state index in [0.29, 0.717) is 10.9 Å². The molecule has 100 valence electrons.